The van der Waals surface area contributed by atoms with Crippen LogP contribution in [0.4, 0.5) is 5.69 Å². The first-order valence-electron chi connectivity index (χ1n) is 9.90. The predicted octanol–water partition coefficient (Wildman–Crippen LogP) is 4.77. The van der Waals surface area contributed by atoms with Crippen molar-refractivity contribution in [2.45, 2.75) is 64.4 Å². The molecular weight excluding hydrogens is 402 g/mol. The number of guanidine groups is 1. The Morgan fingerprint density at radius 1 is 1.28 bits per heavy atom. The molecule has 154 valence electrons. The zero-order valence-corrected chi connectivity index (χ0v) is 19.7. The molecule has 8 heteroatoms. The van der Waals surface area contributed by atoms with Crippen LogP contribution < -0.4 is 0 Å². The number of nitriles is 2. The van der Waals surface area contributed by atoms with Gasteiger partial charge in [0.2, 0.25) is 5.96 Å². The maximum atomic E-state index is 9.69. The monoisotopic (exact) mass is 429 g/mol. The van der Waals surface area contributed by atoms with Crippen molar-refractivity contribution >= 4 is 31.6 Å². The summed E-state index contributed by atoms with van der Waals surface area (Å²) in [7, 11) is -1.90. The smallest absolute Gasteiger partial charge is 0.215 e. The number of hydrogen-bond acceptors (Lipinski definition) is 4. The lowest BCUT2D eigenvalue weighted by molar-refractivity contribution is 0.153. The van der Waals surface area contributed by atoms with Crippen LogP contribution in [0.15, 0.2) is 17.1 Å². The Morgan fingerprint density at radius 2 is 1.97 bits per heavy atom. The molecule has 2 fully saturated rings. The third-order valence-corrected chi connectivity index (χ3v) is 11.4. The van der Waals surface area contributed by atoms with E-state index < -0.39 is 8.32 Å². The van der Waals surface area contributed by atoms with Crippen LogP contribution in [0.2, 0.25) is 23.2 Å². The Balaban J connectivity index is 1.90. The molecule has 1 aromatic rings. The average Bonchev–Trinajstić information content (AvgIpc) is 3.18. The molecule has 29 heavy (non-hydrogen) atoms. The van der Waals surface area contributed by atoms with Crippen LogP contribution in [-0.2, 0) is 4.43 Å². The quantitative estimate of drug-likeness (QED) is 0.511. The van der Waals surface area contributed by atoms with Crippen LogP contribution in [0.5, 0.6) is 0 Å². The molecule has 0 unspecified atom stereocenters. The number of halogens is 1. The highest BCUT2D eigenvalue weighted by Gasteiger charge is 2.49. The average molecular weight is 430 g/mol. The van der Waals surface area contributed by atoms with Gasteiger partial charge in [0, 0.05) is 6.54 Å². The Bertz CT molecular complexity index is 925. The van der Waals surface area contributed by atoms with E-state index in [0.717, 1.165) is 18.5 Å². The minimum Gasteiger partial charge on any atom is -0.412 e. The summed E-state index contributed by atoms with van der Waals surface area (Å²) in [4.78, 5) is 8.60. The van der Waals surface area contributed by atoms with E-state index in [0.29, 0.717) is 28.8 Å². The first kappa shape index (κ1) is 21.6. The Morgan fingerprint density at radius 3 is 2.55 bits per heavy atom. The number of aliphatic imine (C=N–C) groups is 1. The lowest BCUT2D eigenvalue weighted by Gasteiger charge is -2.39. The Hall–Kier alpha value is -2.06. The maximum Gasteiger partial charge on any atom is 0.215 e. The summed E-state index contributed by atoms with van der Waals surface area (Å²) in [6, 6.07) is 5.67. The molecule has 2 saturated heterocycles. The molecule has 0 amide bonds. The third-order valence-electron chi connectivity index (χ3n) is 6.42. The van der Waals surface area contributed by atoms with Gasteiger partial charge in [0.25, 0.3) is 0 Å². The van der Waals surface area contributed by atoms with Gasteiger partial charge in [-0.1, -0.05) is 32.4 Å². The van der Waals surface area contributed by atoms with Crippen LogP contribution in [0.25, 0.3) is 0 Å². The molecule has 1 aromatic carbocycles. The fourth-order valence-corrected chi connectivity index (χ4v) is 5.19. The summed E-state index contributed by atoms with van der Waals surface area (Å²) < 4.78 is 6.69. The number of nitrogens with zero attached hydrogens (tertiary/aromatic N) is 5. The highest BCUT2D eigenvalue weighted by atomic mass is 35.5. The van der Waals surface area contributed by atoms with Crippen molar-refractivity contribution in [2.24, 2.45) is 4.99 Å². The van der Waals surface area contributed by atoms with Gasteiger partial charge in [-0.3, -0.25) is 0 Å². The topological polar surface area (TPSA) is 75.7 Å². The normalized spacial score (nSPS) is 23.3. The molecular formula is C21H28ClN5OSi. The standard InChI is InChI=1S/C21H28ClN5OSi/c1-14-16(8-7-15(11-23)19(14)22)25-20-26(13-24)12-17-18(9-10-27(17)20)28-29(5,6)21(2,3)4/h7-8,17-18H,9-10,12H2,1-6H3/b25-20+/t17-,18-/m1/s1. The second kappa shape index (κ2) is 7.64. The number of hydrogen-bond donors (Lipinski definition) is 0. The summed E-state index contributed by atoms with van der Waals surface area (Å²) in [5, 5.41) is 19.4. The Labute approximate surface area is 179 Å². The van der Waals surface area contributed by atoms with Crippen molar-refractivity contribution < 1.29 is 4.43 Å². The van der Waals surface area contributed by atoms with Gasteiger partial charge in [0.05, 0.1) is 35.0 Å². The van der Waals surface area contributed by atoms with Crippen molar-refractivity contribution in [1.82, 2.24) is 9.80 Å². The number of rotatable bonds is 3. The summed E-state index contributed by atoms with van der Waals surface area (Å²) >= 11 is 6.30. The molecule has 6 nitrogen and oxygen atoms in total. The van der Waals surface area contributed by atoms with E-state index in [4.69, 9.17) is 26.3 Å². The molecule has 3 rings (SSSR count). The lowest BCUT2D eigenvalue weighted by atomic mass is 10.1. The van der Waals surface area contributed by atoms with Gasteiger partial charge in [0.15, 0.2) is 14.5 Å². The maximum absolute atomic E-state index is 9.69. The van der Waals surface area contributed by atoms with Crippen LogP contribution in [0.1, 0.15) is 38.3 Å². The van der Waals surface area contributed by atoms with Gasteiger partial charge in [0.1, 0.15) is 6.07 Å². The summed E-state index contributed by atoms with van der Waals surface area (Å²) in [6.07, 6.45) is 3.30. The van der Waals surface area contributed by atoms with Crippen LogP contribution >= 0.6 is 11.6 Å². The summed E-state index contributed by atoms with van der Waals surface area (Å²) in [5.41, 5.74) is 1.85. The molecule has 0 bridgehead atoms. The summed E-state index contributed by atoms with van der Waals surface area (Å²) in [6.45, 7) is 14.5. The fourth-order valence-electron chi connectivity index (χ4n) is 3.61. The van der Waals surface area contributed by atoms with Gasteiger partial charge in [-0.25, -0.2) is 9.89 Å². The molecule has 0 radical (unpaired) electrons. The van der Waals surface area contributed by atoms with Gasteiger partial charge < -0.3 is 9.33 Å². The van der Waals surface area contributed by atoms with E-state index in [1.807, 2.05) is 6.92 Å². The molecule has 0 spiro atoms. The molecule has 2 atom stereocenters. The minimum atomic E-state index is -1.90. The van der Waals surface area contributed by atoms with Crippen molar-refractivity contribution in [2.75, 3.05) is 13.1 Å². The van der Waals surface area contributed by atoms with Crippen LogP contribution in [-0.4, -0.2) is 49.3 Å². The number of fused-ring (bicyclic) bond motifs is 1. The van der Waals surface area contributed by atoms with Crippen LogP contribution in [0, 0.1) is 29.7 Å². The lowest BCUT2D eigenvalue weighted by Crippen LogP contribution is -2.47. The second-order valence-corrected chi connectivity index (χ2v) is 14.4. The third kappa shape index (κ3) is 3.87. The fraction of sp³-hybridized carbons (Fsp3) is 0.571. The van der Waals surface area contributed by atoms with Crippen LogP contribution in [0.3, 0.4) is 0 Å². The highest BCUT2D eigenvalue weighted by molar-refractivity contribution is 6.74. The molecule has 2 aliphatic rings. The van der Waals surface area contributed by atoms with E-state index in [1.165, 1.54) is 0 Å². The van der Waals surface area contributed by atoms with E-state index >= 15 is 0 Å². The van der Waals surface area contributed by atoms with Gasteiger partial charge in [-0.05, 0) is 49.2 Å². The SMILES string of the molecule is Cc1c(/N=C2\N(C#N)C[C@@H]3[C@H](O[Si](C)(C)C(C)(C)C)CCN23)ccc(C#N)c1Cl. The second-order valence-electron chi connectivity index (χ2n) is 9.27. The van der Waals surface area contributed by atoms with Crippen molar-refractivity contribution in [3.8, 4) is 12.3 Å². The summed E-state index contributed by atoms with van der Waals surface area (Å²) in [5.74, 6) is 0.641. The predicted molar refractivity (Wildman–Crippen MR) is 117 cm³/mol. The highest BCUT2D eigenvalue weighted by Crippen LogP contribution is 2.40. The molecule has 0 aliphatic carbocycles. The zero-order chi connectivity index (χ0) is 21.6. The van der Waals surface area contributed by atoms with E-state index in [2.05, 4.69) is 51.0 Å². The largest absolute Gasteiger partial charge is 0.412 e. The molecule has 0 N–H and O–H groups in total. The molecule has 2 aliphatic heterocycles. The minimum absolute atomic E-state index is 0.102. The van der Waals surface area contributed by atoms with Gasteiger partial charge in [-0.15, -0.1) is 0 Å². The van der Waals surface area contributed by atoms with Crippen molar-refractivity contribution in [3.05, 3.63) is 28.3 Å². The first-order chi connectivity index (χ1) is 13.5. The van der Waals surface area contributed by atoms with Crippen molar-refractivity contribution in [1.29, 1.82) is 10.5 Å². The van der Waals surface area contributed by atoms with E-state index in [1.54, 1.807) is 17.0 Å². The number of benzene rings is 1. The van der Waals surface area contributed by atoms with Gasteiger partial charge >= 0.3 is 0 Å². The van der Waals surface area contributed by atoms with E-state index in [9.17, 15) is 5.26 Å². The first-order valence-corrected chi connectivity index (χ1v) is 13.2. The zero-order valence-electron chi connectivity index (χ0n) is 18.0. The van der Waals surface area contributed by atoms with Gasteiger partial charge in [-0.2, -0.15) is 10.5 Å². The Kier molecular flexibility index (Phi) is 5.70. The van der Waals surface area contributed by atoms with E-state index in [-0.39, 0.29) is 17.2 Å². The molecule has 0 aromatic heterocycles. The van der Waals surface area contributed by atoms with Crippen molar-refractivity contribution in [3.63, 3.8) is 0 Å². The molecule has 0 saturated carbocycles. The molecule has 2 heterocycles.